The first-order valence-electron chi connectivity index (χ1n) is 8.02. The number of imidazole rings is 1. The smallest absolute Gasteiger partial charge is 0.262 e. The van der Waals surface area contributed by atoms with E-state index in [2.05, 4.69) is 4.98 Å². The minimum absolute atomic E-state index is 0.0148. The van der Waals surface area contributed by atoms with E-state index >= 15 is 0 Å². The Labute approximate surface area is 144 Å². The van der Waals surface area contributed by atoms with Crippen molar-refractivity contribution in [3.05, 3.63) is 12.0 Å². The summed E-state index contributed by atoms with van der Waals surface area (Å²) < 4.78 is 54.6. The van der Waals surface area contributed by atoms with Crippen molar-refractivity contribution in [2.24, 2.45) is 13.0 Å². The van der Waals surface area contributed by atoms with E-state index in [1.54, 1.807) is 18.5 Å². The van der Waals surface area contributed by atoms with Gasteiger partial charge in [-0.1, -0.05) is 13.8 Å². The second kappa shape index (κ2) is 7.11. The van der Waals surface area contributed by atoms with Gasteiger partial charge in [0.15, 0.2) is 5.03 Å². The fraction of sp³-hybridized carbons (Fsp3) is 0.786. The number of rotatable bonds is 5. The molecule has 0 amide bonds. The number of aryl methyl sites for hydroxylation is 2. The van der Waals surface area contributed by atoms with E-state index < -0.39 is 20.0 Å². The fourth-order valence-electron chi connectivity index (χ4n) is 2.70. The molecule has 138 valence electrons. The van der Waals surface area contributed by atoms with Crippen LogP contribution in [0, 0.1) is 12.8 Å². The van der Waals surface area contributed by atoms with Crippen molar-refractivity contribution in [1.82, 2.24) is 18.2 Å². The minimum atomic E-state index is -3.70. The van der Waals surface area contributed by atoms with Gasteiger partial charge < -0.3 is 4.57 Å². The van der Waals surface area contributed by atoms with Crippen LogP contribution < -0.4 is 0 Å². The van der Waals surface area contributed by atoms with Crippen molar-refractivity contribution >= 4 is 20.0 Å². The summed E-state index contributed by atoms with van der Waals surface area (Å²) in [6.07, 6.45) is 1.96. The molecule has 1 aliphatic rings. The molecule has 1 aromatic rings. The van der Waals surface area contributed by atoms with Crippen molar-refractivity contribution in [3.8, 4) is 0 Å². The molecule has 10 heteroatoms. The molecule has 1 aromatic heterocycles. The molecular formula is C14H26N4O4S2. The zero-order chi connectivity index (χ0) is 18.1. The first-order valence-corrected chi connectivity index (χ1v) is 11.1. The van der Waals surface area contributed by atoms with Crippen LogP contribution in [0.3, 0.4) is 0 Å². The van der Waals surface area contributed by atoms with Gasteiger partial charge in [-0.25, -0.2) is 26.1 Å². The maximum atomic E-state index is 12.7. The SMILES string of the molecule is Cc1nc(S(=O)(=O)N2CCCN(S(=O)(=O)CC(C)C)CC2)cn1C. The molecule has 24 heavy (non-hydrogen) atoms. The van der Waals surface area contributed by atoms with Crippen molar-refractivity contribution in [3.63, 3.8) is 0 Å². The molecule has 2 heterocycles. The second-order valence-corrected chi connectivity index (χ2v) is 10.5. The first kappa shape index (κ1) is 19.4. The summed E-state index contributed by atoms with van der Waals surface area (Å²) in [5.74, 6) is 0.734. The Morgan fingerprint density at radius 3 is 2.21 bits per heavy atom. The molecule has 2 rings (SSSR count). The van der Waals surface area contributed by atoms with E-state index in [9.17, 15) is 16.8 Å². The highest BCUT2D eigenvalue weighted by atomic mass is 32.2. The van der Waals surface area contributed by atoms with Gasteiger partial charge in [0.1, 0.15) is 5.82 Å². The monoisotopic (exact) mass is 378 g/mol. The Hall–Kier alpha value is -0.970. The van der Waals surface area contributed by atoms with E-state index in [0.717, 1.165) is 0 Å². The lowest BCUT2D eigenvalue weighted by Crippen LogP contribution is -2.39. The molecule has 0 radical (unpaired) electrons. The van der Waals surface area contributed by atoms with Gasteiger partial charge in [0, 0.05) is 39.4 Å². The normalized spacial score (nSPS) is 18.9. The van der Waals surface area contributed by atoms with Gasteiger partial charge in [-0.3, -0.25) is 0 Å². The van der Waals surface area contributed by atoms with E-state index in [1.807, 2.05) is 13.8 Å². The summed E-state index contributed by atoms with van der Waals surface area (Å²) in [7, 11) is -5.31. The van der Waals surface area contributed by atoms with Gasteiger partial charge in [0.25, 0.3) is 10.0 Å². The van der Waals surface area contributed by atoms with E-state index in [0.29, 0.717) is 25.3 Å². The Morgan fingerprint density at radius 2 is 1.67 bits per heavy atom. The summed E-state index contributed by atoms with van der Waals surface area (Å²) in [6.45, 7) is 6.43. The van der Waals surface area contributed by atoms with Crippen LogP contribution in [0.15, 0.2) is 11.2 Å². The van der Waals surface area contributed by atoms with Crippen molar-refractivity contribution in [1.29, 1.82) is 0 Å². The van der Waals surface area contributed by atoms with Crippen LogP contribution in [0.25, 0.3) is 0 Å². The lowest BCUT2D eigenvalue weighted by Gasteiger charge is -2.21. The molecule has 0 bridgehead atoms. The van der Waals surface area contributed by atoms with E-state index in [-0.39, 0.29) is 29.8 Å². The van der Waals surface area contributed by atoms with Gasteiger partial charge in [-0.2, -0.15) is 4.31 Å². The molecule has 8 nitrogen and oxygen atoms in total. The molecule has 1 saturated heterocycles. The standard InChI is InChI=1S/C14H26N4O4S2/c1-12(2)11-23(19,20)17-6-5-7-18(9-8-17)24(21,22)14-10-16(4)13(3)15-14/h10,12H,5-9,11H2,1-4H3. The third kappa shape index (κ3) is 4.16. The molecule has 0 aromatic carbocycles. The van der Waals surface area contributed by atoms with Crippen molar-refractivity contribution < 1.29 is 16.8 Å². The van der Waals surface area contributed by atoms with Crippen LogP contribution in [-0.2, 0) is 27.1 Å². The highest BCUT2D eigenvalue weighted by molar-refractivity contribution is 7.89. The molecule has 1 aliphatic heterocycles. The molecule has 0 spiro atoms. The quantitative estimate of drug-likeness (QED) is 0.740. The van der Waals surface area contributed by atoms with Crippen LogP contribution in [0.4, 0.5) is 0 Å². The molecule has 0 aliphatic carbocycles. The highest BCUT2D eigenvalue weighted by Gasteiger charge is 2.32. The lowest BCUT2D eigenvalue weighted by atomic mass is 10.3. The van der Waals surface area contributed by atoms with Crippen LogP contribution in [0.2, 0.25) is 0 Å². The Kier molecular flexibility index (Phi) is 5.73. The summed E-state index contributed by atoms with van der Waals surface area (Å²) >= 11 is 0. The largest absolute Gasteiger partial charge is 0.337 e. The van der Waals surface area contributed by atoms with Gasteiger partial charge in [0.05, 0.1) is 5.75 Å². The minimum Gasteiger partial charge on any atom is -0.337 e. The zero-order valence-corrected chi connectivity index (χ0v) is 16.3. The molecule has 0 N–H and O–H groups in total. The van der Waals surface area contributed by atoms with Gasteiger partial charge in [0.2, 0.25) is 10.0 Å². The average Bonchev–Trinajstić information content (AvgIpc) is 2.67. The van der Waals surface area contributed by atoms with Gasteiger partial charge >= 0.3 is 0 Å². The highest BCUT2D eigenvalue weighted by Crippen LogP contribution is 2.18. The third-order valence-corrected chi connectivity index (χ3v) is 8.05. The molecular weight excluding hydrogens is 352 g/mol. The van der Waals surface area contributed by atoms with E-state index in [4.69, 9.17) is 0 Å². The van der Waals surface area contributed by atoms with Crippen LogP contribution >= 0.6 is 0 Å². The molecule has 1 fully saturated rings. The number of hydrogen-bond donors (Lipinski definition) is 0. The lowest BCUT2D eigenvalue weighted by molar-refractivity contribution is 0.401. The fourth-order valence-corrected chi connectivity index (χ4v) is 6.01. The second-order valence-electron chi connectivity index (χ2n) is 6.57. The molecule has 0 unspecified atom stereocenters. The molecule has 0 saturated carbocycles. The van der Waals surface area contributed by atoms with Crippen molar-refractivity contribution in [2.45, 2.75) is 32.2 Å². The number of aromatic nitrogens is 2. The Morgan fingerprint density at radius 1 is 1.08 bits per heavy atom. The average molecular weight is 379 g/mol. The number of nitrogens with zero attached hydrogens (tertiary/aromatic N) is 4. The van der Waals surface area contributed by atoms with Crippen molar-refractivity contribution in [2.75, 3.05) is 31.9 Å². The Balaban J connectivity index is 2.16. The van der Waals surface area contributed by atoms with Crippen LogP contribution in [0.5, 0.6) is 0 Å². The predicted molar refractivity (Wildman–Crippen MR) is 91.5 cm³/mol. The maximum absolute atomic E-state index is 12.7. The zero-order valence-electron chi connectivity index (χ0n) is 14.6. The number of hydrogen-bond acceptors (Lipinski definition) is 5. The third-order valence-electron chi connectivity index (χ3n) is 4.04. The van der Waals surface area contributed by atoms with E-state index in [1.165, 1.54) is 14.8 Å². The van der Waals surface area contributed by atoms with Gasteiger partial charge in [-0.15, -0.1) is 0 Å². The van der Waals surface area contributed by atoms with Crippen LogP contribution in [0.1, 0.15) is 26.1 Å². The summed E-state index contributed by atoms with van der Waals surface area (Å²) in [4.78, 5) is 4.10. The maximum Gasteiger partial charge on any atom is 0.262 e. The van der Waals surface area contributed by atoms with Gasteiger partial charge in [-0.05, 0) is 19.3 Å². The summed E-state index contributed by atoms with van der Waals surface area (Å²) in [5.41, 5.74) is 0. The molecule has 0 atom stereocenters. The summed E-state index contributed by atoms with van der Waals surface area (Å²) in [6, 6.07) is 0. The first-order chi connectivity index (χ1) is 11.0. The summed E-state index contributed by atoms with van der Waals surface area (Å²) in [5, 5.41) is 0.0148. The topological polar surface area (TPSA) is 92.6 Å². The Bertz CT molecular complexity index is 764. The number of sulfonamides is 2. The van der Waals surface area contributed by atoms with Crippen LogP contribution in [-0.4, -0.2) is 66.9 Å². The predicted octanol–water partition coefficient (Wildman–Crippen LogP) is 0.411.